The van der Waals surface area contributed by atoms with Crippen LogP contribution in [0.2, 0.25) is 0 Å². The lowest BCUT2D eigenvalue weighted by Gasteiger charge is -2.37. The molecule has 2 amide bonds. The first-order chi connectivity index (χ1) is 9.38. The van der Waals surface area contributed by atoms with Gasteiger partial charge in [-0.15, -0.1) is 0 Å². The van der Waals surface area contributed by atoms with E-state index in [1.165, 1.54) is 5.57 Å². The predicted molar refractivity (Wildman–Crippen MR) is 72.1 cm³/mol. The van der Waals surface area contributed by atoms with Crippen LogP contribution < -0.4 is 0 Å². The minimum Gasteiger partial charge on any atom is -0.515 e. The quantitative estimate of drug-likeness (QED) is 0.405. The van der Waals surface area contributed by atoms with Crippen molar-refractivity contribution in [3.63, 3.8) is 0 Å². The first-order valence-corrected chi connectivity index (χ1v) is 7.01. The van der Waals surface area contributed by atoms with E-state index in [4.69, 9.17) is 0 Å². The fourth-order valence-corrected chi connectivity index (χ4v) is 4.26. The summed E-state index contributed by atoms with van der Waals surface area (Å²) < 4.78 is 0. The van der Waals surface area contributed by atoms with E-state index in [1.807, 2.05) is 0 Å². The van der Waals surface area contributed by atoms with Crippen molar-refractivity contribution in [3.05, 3.63) is 23.0 Å². The van der Waals surface area contributed by atoms with Crippen LogP contribution >= 0.6 is 0 Å². The maximum Gasteiger partial charge on any atom is 0.414 e. The number of nitrogens with zero attached hydrogens (tertiary/aromatic N) is 1. The van der Waals surface area contributed by atoms with E-state index in [0.29, 0.717) is 6.42 Å². The van der Waals surface area contributed by atoms with Crippen molar-refractivity contribution < 1.29 is 19.8 Å². The van der Waals surface area contributed by atoms with Gasteiger partial charge in [0.25, 0.3) is 5.91 Å². The monoisotopic (exact) mass is 277 g/mol. The number of imide groups is 1. The van der Waals surface area contributed by atoms with Crippen molar-refractivity contribution in [2.24, 2.45) is 11.3 Å². The highest BCUT2D eigenvalue weighted by Crippen LogP contribution is 2.55. The maximum absolute atomic E-state index is 12.2. The van der Waals surface area contributed by atoms with Gasteiger partial charge >= 0.3 is 6.09 Å². The van der Waals surface area contributed by atoms with Crippen LogP contribution in [0.15, 0.2) is 23.0 Å². The number of aliphatic hydroxyl groups is 1. The average molecular weight is 277 g/mol. The van der Waals surface area contributed by atoms with Crippen molar-refractivity contribution in [2.75, 3.05) is 0 Å². The minimum absolute atomic E-state index is 0.0775. The topological polar surface area (TPSA) is 77.8 Å². The molecule has 3 rings (SSSR count). The Balaban J connectivity index is 2.13. The molecule has 1 fully saturated rings. The molecular weight excluding hydrogens is 258 g/mol. The molecule has 2 aliphatic carbocycles. The summed E-state index contributed by atoms with van der Waals surface area (Å²) in [6, 6.07) is -0.413. The number of amides is 2. The van der Waals surface area contributed by atoms with Gasteiger partial charge in [0.15, 0.2) is 0 Å². The standard InChI is InChI=1S/C15H19NO4/c1-15(2)5-3-4-8-6-9-10(7-17)13(18)16(14(19)20)12(9)11(8)15/h7,9,12,17H,3-6H2,1-2H3,(H,19,20)/b10-7+/t9-,12+/m1/s1. The third kappa shape index (κ3) is 1.55. The lowest BCUT2D eigenvalue weighted by atomic mass is 9.72. The molecule has 0 bridgehead atoms. The summed E-state index contributed by atoms with van der Waals surface area (Å²) in [5.41, 5.74) is 2.56. The van der Waals surface area contributed by atoms with E-state index in [0.717, 1.165) is 36.0 Å². The summed E-state index contributed by atoms with van der Waals surface area (Å²) in [5, 5.41) is 18.7. The normalized spacial score (nSPS) is 33.6. The van der Waals surface area contributed by atoms with Crippen LogP contribution in [0.5, 0.6) is 0 Å². The Morgan fingerprint density at radius 1 is 1.45 bits per heavy atom. The summed E-state index contributed by atoms with van der Waals surface area (Å²) >= 11 is 0. The van der Waals surface area contributed by atoms with Crippen molar-refractivity contribution in [3.8, 4) is 0 Å². The molecule has 108 valence electrons. The van der Waals surface area contributed by atoms with E-state index in [2.05, 4.69) is 13.8 Å². The molecule has 0 radical (unpaired) electrons. The summed E-state index contributed by atoms with van der Waals surface area (Å²) in [5.74, 6) is -0.770. The third-order valence-electron chi connectivity index (χ3n) is 5.02. The number of carbonyl (C=O) groups excluding carboxylic acids is 1. The molecule has 0 unspecified atom stereocenters. The zero-order valence-corrected chi connectivity index (χ0v) is 11.7. The molecule has 3 aliphatic rings. The second kappa shape index (κ2) is 4.11. The van der Waals surface area contributed by atoms with Crippen molar-refractivity contribution in [1.29, 1.82) is 0 Å². The first kappa shape index (κ1) is 13.2. The van der Waals surface area contributed by atoms with Gasteiger partial charge in [0, 0.05) is 5.92 Å². The number of aliphatic hydroxyl groups excluding tert-OH is 1. The molecular formula is C15H19NO4. The van der Waals surface area contributed by atoms with E-state index >= 15 is 0 Å². The number of likely N-dealkylation sites (tertiary alicyclic amines) is 1. The van der Waals surface area contributed by atoms with Crippen molar-refractivity contribution in [2.45, 2.75) is 45.6 Å². The van der Waals surface area contributed by atoms with E-state index in [-0.39, 0.29) is 16.9 Å². The largest absolute Gasteiger partial charge is 0.515 e. The number of carboxylic acid groups (broad SMARTS) is 1. The van der Waals surface area contributed by atoms with Gasteiger partial charge in [-0.3, -0.25) is 4.79 Å². The van der Waals surface area contributed by atoms with Crippen molar-refractivity contribution in [1.82, 2.24) is 4.90 Å². The molecule has 0 spiro atoms. The van der Waals surface area contributed by atoms with Crippen LogP contribution in [0.25, 0.3) is 0 Å². The van der Waals surface area contributed by atoms with Gasteiger partial charge in [-0.1, -0.05) is 19.4 Å². The van der Waals surface area contributed by atoms with Gasteiger partial charge in [0.1, 0.15) is 0 Å². The second-order valence-electron chi connectivity index (χ2n) is 6.55. The number of allylic oxidation sites excluding steroid dienone is 1. The highest BCUT2D eigenvalue weighted by molar-refractivity contribution is 6.06. The van der Waals surface area contributed by atoms with Gasteiger partial charge in [0.05, 0.1) is 17.9 Å². The summed E-state index contributed by atoms with van der Waals surface area (Å²) in [4.78, 5) is 24.6. The van der Waals surface area contributed by atoms with Crippen LogP contribution in [-0.4, -0.2) is 33.2 Å². The zero-order valence-electron chi connectivity index (χ0n) is 11.7. The second-order valence-corrected chi connectivity index (χ2v) is 6.55. The Hall–Kier alpha value is -1.78. The molecule has 1 aliphatic heterocycles. The van der Waals surface area contributed by atoms with Crippen LogP contribution in [-0.2, 0) is 4.79 Å². The number of rotatable bonds is 0. The predicted octanol–water partition coefficient (Wildman–Crippen LogP) is 2.84. The minimum atomic E-state index is -1.23. The fourth-order valence-electron chi connectivity index (χ4n) is 4.26. The van der Waals surface area contributed by atoms with E-state index in [9.17, 15) is 19.8 Å². The van der Waals surface area contributed by atoms with Gasteiger partial charge in [-0.2, -0.15) is 0 Å². The molecule has 0 aromatic rings. The number of fused-ring (bicyclic) bond motifs is 2. The molecule has 20 heavy (non-hydrogen) atoms. The highest BCUT2D eigenvalue weighted by Gasteiger charge is 2.56. The summed E-state index contributed by atoms with van der Waals surface area (Å²) in [6.45, 7) is 4.24. The smallest absolute Gasteiger partial charge is 0.414 e. The Morgan fingerprint density at radius 3 is 2.75 bits per heavy atom. The molecule has 5 nitrogen and oxygen atoms in total. The molecule has 1 heterocycles. The Labute approximate surface area is 117 Å². The molecule has 5 heteroatoms. The van der Waals surface area contributed by atoms with E-state index in [1.54, 1.807) is 0 Å². The molecule has 2 N–H and O–H groups in total. The summed E-state index contributed by atoms with van der Waals surface area (Å²) in [6.07, 6.45) is 3.36. The molecule has 2 atom stereocenters. The van der Waals surface area contributed by atoms with Gasteiger partial charge in [0.2, 0.25) is 0 Å². The average Bonchev–Trinajstić information content (AvgIpc) is 2.81. The highest BCUT2D eigenvalue weighted by atomic mass is 16.4. The van der Waals surface area contributed by atoms with Gasteiger partial charge in [-0.05, 0) is 36.7 Å². The lowest BCUT2D eigenvalue weighted by Crippen LogP contribution is -2.42. The Morgan fingerprint density at radius 2 is 2.15 bits per heavy atom. The SMILES string of the molecule is CC1(C)CCCC2=C1[C@@H]1[C@H](C2)/C(=C\O)C(=O)N1C(=O)O. The van der Waals surface area contributed by atoms with Crippen LogP contribution in [0, 0.1) is 11.3 Å². The van der Waals surface area contributed by atoms with Crippen LogP contribution in [0.3, 0.4) is 0 Å². The molecule has 1 saturated heterocycles. The first-order valence-electron chi connectivity index (χ1n) is 7.01. The molecule has 0 aromatic carbocycles. The lowest BCUT2D eigenvalue weighted by molar-refractivity contribution is -0.124. The Kier molecular flexibility index (Phi) is 2.71. The number of hydrogen-bond acceptors (Lipinski definition) is 3. The van der Waals surface area contributed by atoms with Crippen LogP contribution in [0.4, 0.5) is 4.79 Å². The molecule has 0 saturated carbocycles. The molecule has 0 aromatic heterocycles. The number of carbonyl (C=O) groups is 2. The van der Waals surface area contributed by atoms with Gasteiger partial charge < -0.3 is 10.2 Å². The summed E-state index contributed by atoms with van der Waals surface area (Å²) in [7, 11) is 0. The van der Waals surface area contributed by atoms with Gasteiger partial charge in [-0.25, -0.2) is 9.69 Å². The van der Waals surface area contributed by atoms with Crippen molar-refractivity contribution >= 4 is 12.0 Å². The maximum atomic E-state index is 12.2. The van der Waals surface area contributed by atoms with Crippen LogP contribution in [0.1, 0.15) is 39.5 Å². The fraction of sp³-hybridized carbons (Fsp3) is 0.600. The Bertz CT molecular complexity index is 558. The third-order valence-corrected chi connectivity index (χ3v) is 5.02. The van der Waals surface area contributed by atoms with E-state index < -0.39 is 18.0 Å². The zero-order chi connectivity index (χ0) is 14.7. The number of hydrogen-bond donors (Lipinski definition) is 2.